The van der Waals surface area contributed by atoms with Crippen molar-refractivity contribution in [3.05, 3.63) is 42.3 Å². The number of amides is 1. The van der Waals surface area contributed by atoms with Crippen molar-refractivity contribution in [3.63, 3.8) is 0 Å². The number of hydrogen-bond donors (Lipinski definition) is 5. The molecule has 0 aliphatic carbocycles. The number of aliphatic hydroxyl groups excluding tert-OH is 3. The monoisotopic (exact) mass is 448 g/mol. The smallest absolute Gasteiger partial charge is 0.370 e. The van der Waals surface area contributed by atoms with Gasteiger partial charge in [0.1, 0.15) is 29.8 Å². The van der Waals surface area contributed by atoms with Gasteiger partial charge in [0.25, 0.3) is 0 Å². The predicted molar refractivity (Wildman–Crippen MR) is 108 cm³/mol. The Morgan fingerprint density at radius 2 is 1.97 bits per heavy atom. The number of carboxylic acids is 1. The third-order valence-corrected chi connectivity index (χ3v) is 5.01. The number of carboxylic acid groups (broad SMARTS) is 1. The van der Waals surface area contributed by atoms with Gasteiger partial charge in [0.05, 0.1) is 32.0 Å². The van der Waals surface area contributed by atoms with Gasteiger partial charge in [-0.15, -0.1) is 5.10 Å². The van der Waals surface area contributed by atoms with Gasteiger partial charge >= 0.3 is 5.97 Å². The molecule has 0 spiro atoms. The van der Waals surface area contributed by atoms with Crippen LogP contribution in [0.4, 0.5) is 0 Å². The number of rotatable bonds is 8. The Kier molecular flexibility index (Phi) is 7.08. The van der Waals surface area contributed by atoms with Gasteiger partial charge in [-0.3, -0.25) is 4.79 Å². The number of carbonyl (C=O) groups excluding carboxylic acids is 1. The molecule has 12 nitrogen and oxygen atoms in total. The van der Waals surface area contributed by atoms with Crippen LogP contribution in [0.3, 0.4) is 0 Å². The fourth-order valence-electron chi connectivity index (χ4n) is 3.40. The SMILES string of the molecule is COc1ccc(-c2cn([C@H]3C=C(C(=O)O)O[C@@H]([C@H](O)[C@H](O)CO)[C@@H]3NC(C)=O)nn2)cc1. The van der Waals surface area contributed by atoms with Crippen LogP contribution < -0.4 is 10.1 Å². The summed E-state index contributed by atoms with van der Waals surface area (Å²) in [5.74, 6) is -1.75. The first-order chi connectivity index (χ1) is 15.2. The number of ether oxygens (including phenoxy) is 2. The van der Waals surface area contributed by atoms with E-state index >= 15 is 0 Å². The third kappa shape index (κ3) is 4.88. The fraction of sp³-hybridized carbons (Fsp3) is 0.400. The summed E-state index contributed by atoms with van der Waals surface area (Å²) in [5, 5.41) is 49.8. The molecule has 0 bridgehead atoms. The Labute approximate surface area is 182 Å². The first-order valence-electron chi connectivity index (χ1n) is 9.67. The van der Waals surface area contributed by atoms with Crippen molar-refractivity contribution in [3.8, 4) is 17.0 Å². The molecule has 2 aromatic rings. The standard InChI is InChI=1S/C20H24N4O8/c1-10(26)21-17-14(7-16(20(29)30)32-19(17)18(28)15(27)9-25)24-8-13(22-23-24)11-3-5-12(31-2)6-4-11/h3-8,14-15,17-19,25,27-28H,9H2,1-2H3,(H,21,26)(H,29,30)/t14-,15+,17+,18+,19+/m0/s1. The second-order valence-corrected chi connectivity index (χ2v) is 7.19. The molecule has 12 heteroatoms. The first-order valence-corrected chi connectivity index (χ1v) is 9.67. The molecule has 1 aliphatic heterocycles. The Hall–Kier alpha value is -3.48. The fourth-order valence-corrected chi connectivity index (χ4v) is 3.40. The zero-order valence-corrected chi connectivity index (χ0v) is 17.3. The lowest BCUT2D eigenvalue weighted by Gasteiger charge is -2.39. The number of nitrogens with zero attached hydrogens (tertiary/aromatic N) is 3. The van der Waals surface area contributed by atoms with Crippen molar-refractivity contribution in [2.45, 2.75) is 37.3 Å². The van der Waals surface area contributed by atoms with Crippen LogP contribution in [0.15, 0.2) is 42.3 Å². The number of aromatic nitrogens is 3. The summed E-state index contributed by atoms with van der Waals surface area (Å²) >= 11 is 0. The molecule has 172 valence electrons. The van der Waals surface area contributed by atoms with Crippen LogP contribution >= 0.6 is 0 Å². The summed E-state index contributed by atoms with van der Waals surface area (Å²) in [4.78, 5) is 23.5. The highest BCUT2D eigenvalue weighted by molar-refractivity contribution is 5.84. The molecule has 5 N–H and O–H groups in total. The van der Waals surface area contributed by atoms with E-state index in [0.717, 1.165) is 5.56 Å². The van der Waals surface area contributed by atoms with Crippen molar-refractivity contribution in [2.75, 3.05) is 13.7 Å². The van der Waals surface area contributed by atoms with Gasteiger partial charge in [-0.05, 0) is 30.3 Å². The topological polar surface area (TPSA) is 176 Å². The zero-order chi connectivity index (χ0) is 23.4. The molecular formula is C20H24N4O8. The summed E-state index contributed by atoms with van der Waals surface area (Å²) in [6, 6.07) is 5.07. The minimum absolute atomic E-state index is 0.471. The van der Waals surface area contributed by atoms with Gasteiger partial charge < -0.3 is 35.2 Å². The quantitative estimate of drug-likeness (QED) is 0.339. The summed E-state index contributed by atoms with van der Waals surface area (Å²) in [5.41, 5.74) is 1.19. The van der Waals surface area contributed by atoms with Gasteiger partial charge in [-0.25, -0.2) is 9.48 Å². The molecule has 5 atom stereocenters. The summed E-state index contributed by atoms with van der Waals surface area (Å²) in [7, 11) is 1.55. The van der Waals surface area contributed by atoms with E-state index in [0.29, 0.717) is 11.4 Å². The lowest BCUT2D eigenvalue weighted by molar-refractivity contribution is -0.147. The zero-order valence-electron chi connectivity index (χ0n) is 17.3. The van der Waals surface area contributed by atoms with Gasteiger partial charge in [-0.1, -0.05) is 5.21 Å². The van der Waals surface area contributed by atoms with Crippen LogP contribution in [0.25, 0.3) is 11.3 Å². The van der Waals surface area contributed by atoms with Crippen molar-refractivity contribution in [1.82, 2.24) is 20.3 Å². The largest absolute Gasteiger partial charge is 0.497 e. The summed E-state index contributed by atoms with van der Waals surface area (Å²) in [6.07, 6.45) is -1.95. The van der Waals surface area contributed by atoms with Crippen LogP contribution in [-0.2, 0) is 14.3 Å². The number of nitrogens with one attached hydrogen (secondary N) is 1. The van der Waals surface area contributed by atoms with Crippen molar-refractivity contribution < 1.29 is 39.5 Å². The van der Waals surface area contributed by atoms with Crippen LogP contribution in [-0.4, -0.2) is 85.4 Å². The van der Waals surface area contributed by atoms with Crippen LogP contribution in [0.1, 0.15) is 13.0 Å². The van der Waals surface area contributed by atoms with Gasteiger partial charge in [0, 0.05) is 12.5 Å². The molecule has 0 saturated heterocycles. The minimum atomic E-state index is -1.70. The van der Waals surface area contributed by atoms with E-state index in [1.54, 1.807) is 37.6 Å². The first kappa shape index (κ1) is 23.2. The Bertz CT molecular complexity index is 990. The molecule has 1 amide bonds. The molecule has 3 rings (SSSR count). The molecule has 32 heavy (non-hydrogen) atoms. The van der Waals surface area contributed by atoms with E-state index in [1.165, 1.54) is 17.7 Å². The molecule has 0 radical (unpaired) electrons. The molecule has 2 heterocycles. The average molecular weight is 448 g/mol. The highest BCUT2D eigenvalue weighted by atomic mass is 16.5. The normalized spacial score (nSPS) is 22.3. The van der Waals surface area contributed by atoms with Gasteiger partial charge in [0.2, 0.25) is 11.7 Å². The predicted octanol–water partition coefficient (Wildman–Crippen LogP) is -0.919. The molecular weight excluding hydrogens is 424 g/mol. The molecule has 0 saturated carbocycles. The van der Waals surface area contributed by atoms with E-state index in [2.05, 4.69) is 15.6 Å². The van der Waals surface area contributed by atoms with Crippen LogP contribution in [0.2, 0.25) is 0 Å². The Balaban J connectivity index is 2.01. The maximum absolute atomic E-state index is 11.8. The van der Waals surface area contributed by atoms with E-state index in [-0.39, 0.29) is 0 Å². The van der Waals surface area contributed by atoms with E-state index in [9.17, 15) is 30.0 Å². The lowest BCUT2D eigenvalue weighted by Crippen LogP contribution is -2.58. The second kappa shape index (κ2) is 9.77. The van der Waals surface area contributed by atoms with Gasteiger partial charge in [-0.2, -0.15) is 0 Å². The van der Waals surface area contributed by atoms with E-state index in [1.807, 2.05) is 0 Å². The minimum Gasteiger partial charge on any atom is -0.497 e. The summed E-state index contributed by atoms with van der Waals surface area (Å²) < 4.78 is 11.8. The van der Waals surface area contributed by atoms with Crippen molar-refractivity contribution >= 4 is 11.9 Å². The number of aliphatic hydroxyl groups is 3. The summed E-state index contributed by atoms with van der Waals surface area (Å²) in [6.45, 7) is 0.444. The van der Waals surface area contributed by atoms with E-state index in [4.69, 9.17) is 9.47 Å². The number of hydrogen-bond acceptors (Lipinski definition) is 9. The maximum atomic E-state index is 11.8. The Morgan fingerprint density at radius 1 is 1.28 bits per heavy atom. The number of methoxy groups -OCH3 is 1. The average Bonchev–Trinajstić information content (AvgIpc) is 3.27. The molecule has 1 aliphatic rings. The Morgan fingerprint density at radius 3 is 2.53 bits per heavy atom. The van der Waals surface area contributed by atoms with Crippen molar-refractivity contribution in [1.29, 1.82) is 0 Å². The molecule has 1 aromatic carbocycles. The number of benzene rings is 1. The number of aliphatic carboxylic acids is 1. The highest BCUT2D eigenvalue weighted by Crippen LogP contribution is 2.31. The number of carbonyl (C=O) groups is 2. The molecule has 1 aromatic heterocycles. The van der Waals surface area contributed by atoms with E-state index < -0.39 is 54.6 Å². The van der Waals surface area contributed by atoms with Crippen LogP contribution in [0.5, 0.6) is 5.75 Å². The van der Waals surface area contributed by atoms with Gasteiger partial charge in [0.15, 0.2) is 0 Å². The molecule has 0 fully saturated rings. The van der Waals surface area contributed by atoms with Crippen LogP contribution in [0, 0.1) is 0 Å². The second-order valence-electron chi connectivity index (χ2n) is 7.19. The molecule has 0 unspecified atom stereocenters. The maximum Gasteiger partial charge on any atom is 0.370 e. The lowest BCUT2D eigenvalue weighted by atomic mass is 9.92. The van der Waals surface area contributed by atoms with Crippen molar-refractivity contribution in [2.24, 2.45) is 0 Å². The highest BCUT2D eigenvalue weighted by Gasteiger charge is 2.44. The third-order valence-electron chi connectivity index (χ3n) is 5.01.